The number of aromatic nitrogens is 1. The van der Waals surface area contributed by atoms with Crippen LogP contribution in [-0.2, 0) is 6.61 Å². The Labute approximate surface area is 160 Å². The number of rotatable bonds is 6. The molecule has 4 aromatic rings. The number of anilines is 1. The minimum atomic E-state index is -0.268. The lowest BCUT2D eigenvalue weighted by atomic mass is 10.2. The van der Waals surface area contributed by atoms with Crippen LogP contribution in [0.3, 0.4) is 0 Å². The molecule has 1 aromatic heterocycles. The van der Waals surface area contributed by atoms with Crippen molar-refractivity contribution in [3.8, 4) is 5.75 Å². The molecular weight excluding hydrogens is 361 g/mol. The monoisotopic (exact) mass is 377 g/mol. The van der Waals surface area contributed by atoms with Gasteiger partial charge in [0.25, 0.3) is 0 Å². The Morgan fingerprint density at radius 2 is 1.89 bits per heavy atom. The molecule has 0 bridgehead atoms. The molecule has 0 spiro atoms. The van der Waals surface area contributed by atoms with Crippen molar-refractivity contribution in [2.24, 2.45) is 5.10 Å². The second kappa shape index (κ2) is 7.97. The molecule has 0 saturated carbocycles. The van der Waals surface area contributed by atoms with Gasteiger partial charge in [0, 0.05) is 5.56 Å². The van der Waals surface area contributed by atoms with E-state index >= 15 is 0 Å². The van der Waals surface area contributed by atoms with Crippen LogP contribution in [0.5, 0.6) is 5.75 Å². The Kier molecular flexibility index (Phi) is 5.07. The molecule has 4 nitrogen and oxygen atoms in total. The third-order valence-electron chi connectivity index (χ3n) is 3.88. The maximum absolute atomic E-state index is 13.7. The summed E-state index contributed by atoms with van der Waals surface area (Å²) < 4.78 is 20.5. The Bertz CT molecular complexity index is 1060. The van der Waals surface area contributed by atoms with Crippen molar-refractivity contribution in [3.63, 3.8) is 0 Å². The van der Waals surface area contributed by atoms with E-state index in [0.717, 1.165) is 20.9 Å². The highest BCUT2D eigenvalue weighted by Crippen LogP contribution is 2.25. The van der Waals surface area contributed by atoms with Crippen LogP contribution in [0.1, 0.15) is 11.1 Å². The van der Waals surface area contributed by atoms with E-state index in [0.29, 0.717) is 11.3 Å². The quantitative estimate of drug-likeness (QED) is 0.358. The second-order valence-corrected chi connectivity index (χ2v) is 6.84. The summed E-state index contributed by atoms with van der Waals surface area (Å²) in [5, 5.41) is 4.97. The maximum Gasteiger partial charge on any atom is 0.204 e. The van der Waals surface area contributed by atoms with Crippen LogP contribution in [-0.4, -0.2) is 11.2 Å². The van der Waals surface area contributed by atoms with Gasteiger partial charge in [-0.1, -0.05) is 53.8 Å². The van der Waals surface area contributed by atoms with Crippen LogP contribution < -0.4 is 10.2 Å². The third-order valence-corrected chi connectivity index (χ3v) is 4.82. The first kappa shape index (κ1) is 17.2. The van der Waals surface area contributed by atoms with Crippen LogP contribution in [0.15, 0.2) is 77.9 Å². The number of para-hydroxylation sites is 1. The minimum Gasteiger partial charge on any atom is -0.489 e. The summed E-state index contributed by atoms with van der Waals surface area (Å²) in [5.41, 5.74) is 5.29. The molecule has 0 atom stereocenters. The van der Waals surface area contributed by atoms with Crippen LogP contribution in [0.4, 0.5) is 9.52 Å². The van der Waals surface area contributed by atoms with Crippen LogP contribution >= 0.6 is 11.3 Å². The molecule has 1 heterocycles. The molecule has 0 aliphatic carbocycles. The molecule has 0 saturated heterocycles. The van der Waals surface area contributed by atoms with Gasteiger partial charge in [-0.25, -0.2) is 9.37 Å². The summed E-state index contributed by atoms with van der Waals surface area (Å²) in [6.07, 6.45) is 1.70. The van der Waals surface area contributed by atoms with Crippen LogP contribution in [0.25, 0.3) is 10.2 Å². The summed E-state index contributed by atoms with van der Waals surface area (Å²) >= 11 is 1.55. The SMILES string of the molecule is Fc1ccccc1COc1cccc(/C=N\Nc2nc3ccccc3s2)c1. The highest BCUT2D eigenvalue weighted by Gasteiger charge is 2.03. The fourth-order valence-electron chi connectivity index (χ4n) is 2.54. The molecule has 0 amide bonds. The summed E-state index contributed by atoms with van der Waals surface area (Å²) in [6, 6.07) is 22.0. The van der Waals surface area contributed by atoms with Gasteiger partial charge in [-0.3, -0.25) is 5.43 Å². The molecule has 1 N–H and O–H groups in total. The number of hydrogen-bond donors (Lipinski definition) is 1. The molecular formula is C21H16FN3OS. The summed E-state index contributed by atoms with van der Waals surface area (Å²) in [6.45, 7) is 0.178. The molecule has 6 heteroatoms. The number of halogens is 1. The Morgan fingerprint density at radius 1 is 1.04 bits per heavy atom. The number of ether oxygens (including phenoxy) is 1. The first-order chi connectivity index (χ1) is 13.3. The number of fused-ring (bicyclic) bond motifs is 1. The van der Waals surface area contributed by atoms with E-state index < -0.39 is 0 Å². The van der Waals surface area contributed by atoms with Gasteiger partial charge in [0.2, 0.25) is 5.13 Å². The van der Waals surface area contributed by atoms with Crippen molar-refractivity contribution in [2.45, 2.75) is 6.61 Å². The van der Waals surface area contributed by atoms with Gasteiger partial charge in [0.15, 0.2) is 0 Å². The smallest absolute Gasteiger partial charge is 0.204 e. The normalized spacial score (nSPS) is 11.1. The first-order valence-electron chi connectivity index (χ1n) is 8.39. The zero-order valence-electron chi connectivity index (χ0n) is 14.3. The predicted octanol–water partition coefficient (Wildman–Crippen LogP) is 5.46. The number of hydrazone groups is 1. The molecule has 3 aromatic carbocycles. The summed E-state index contributed by atoms with van der Waals surface area (Å²) in [5.74, 6) is 0.387. The Balaban J connectivity index is 1.39. The van der Waals surface area contributed by atoms with Crippen molar-refractivity contribution in [1.29, 1.82) is 0 Å². The number of hydrogen-bond acceptors (Lipinski definition) is 5. The van der Waals surface area contributed by atoms with E-state index in [1.54, 1.807) is 35.8 Å². The van der Waals surface area contributed by atoms with Crippen molar-refractivity contribution < 1.29 is 9.13 Å². The number of thiazole rings is 1. The second-order valence-electron chi connectivity index (χ2n) is 5.81. The summed E-state index contributed by atoms with van der Waals surface area (Å²) in [4.78, 5) is 4.47. The minimum absolute atomic E-state index is 0.178. The lowest BCUT2D eigenvalue weighted by Crippen LogP contribution is -1.98. The average Bonchev–Trinajstić information content (AvgIpc) is 3.10. The van der Waals surface area contributed by atoms with Gasteiger partial charge in [-0.2, -0.15) is 5.10 Å². The number of nitrogens with one attached hydrogen (secondary N) is 1. The Morgan fingerprint density at radius 3 is 2.78 bits per heavy atom. The van der Waals surface area contributed by atoms with E-state index in [2.05, 4.69) is 15.5 Å². The van der Waals surface area contributed by atoms with Crippen LogP contribution in [0, 0.1) is 5.82 Å². The molecule has 0 fully saturated rings. The topological polar surface area (TPSA) is 46.5 Å². The fraction of sp³-hybridized carbons (Fsp3) is 0.0476. The lowest BCUT2D eigenvalue weighted by Gasteiger charge is -2.07. The van der Waals surface area contributed by atoms with Crippen molar-refractivity contribution in [2.75, 3.05) is 5.43 Å². The van der Waals surface area contributed by atoms with Crippen LogP contribution in [0.2, 0.25) is 0 Å². The third kappa shape index (κ3) is 4.30. The zero-order chi connectivity index (χ0) is 18.5. The van der Waals surface area contributed by atoms with Gasteiger partial charge in [0.05, 0.1) is 16.4 Å². The molecule has 134 valence electrons. The van der Waals surface area contributed by atoms with Gasteiger partial charge in [0.1, 0.15) is 18.2 Å². The molecule has 0 aliphatic rings. The predicted molar refractivity (Wildman–Crippen MR) is 108 cm³/mol. The largest absolute Gasteiger partial charge is 0.489 e. The van der Waals surface area contributed by atoms with Gasteiger partial charge in [-0.15, -0.1) is 0 Å². The fourth-order valence-corrected chi connectivity index (χ4v) is 3.36. The van der Waals surface area contributed by atoms with Gasteiger partial charge >= 0.3 is 0 Å². The molecule has 27 heavy (non-hydrogen) atoms. The van der Waals surface area contributed by atoms with E-state index in [1.165, 1.54) is 6.07 Å². The maximum atomic E-state index is 13.7. The van der Waals surface area contributed by atoms with E-state index in [9.17, 15) is 4.39 Å². The van der Waals surface area contributed by atoms with E-state index in [1.807, 2.05) is 48.5 Å². The first-order valence-corrected chi connectivity index (χ1v) is 9.20. The van der Waals surface area contributed by atoms with Crippen molar-refractivity contribution >= 4 is 32.9 Å². The number of benzene rings is 3. The molecule has 0 unspecified atom stereocenters. The van der Waals surface area contributed by atoms with Crippen molar-refractivity contribution in [1.82, 2.24) is 4.98 Å². The molecule has 0 radical (unpaired) electrons. The standard InChI is InChI=1S/C21H16FN3OS/c22-18-9-2-1-7-16(18)14-26-17-8-5-6-15(12-17)13-23-25-21-24-19-10-3-4-11-20(19)27-21/h1-13H,14H2,(H,24,25)/b23-13-. The Hall–Kier alpha value is -3.25. The van der Waals surface area contributed by atoms with Crippen molar-refractivity contribution in [3.05, 3.63) is 89.7 Å². The summed E-state index contributed by atoms with van der Waals surface area (Å²) in [7, 11) is 0. The highest BCUT2D eigenvalue weighted by molar-refractivity contribution is 7.22. The van der Waals surface area contributed by atoms with E-state index in [4.69, 9.17) is 4.74 Å². The zero-order valence-corrected chi connectivity index (χ0v) is 15.1. The average molecular weight is 377 g/mol. The van der Waals surface area contributed by atoms with E-state index in [-0.39, 0.29) is 12.4 Å². The molecule has 0 aliphatic heterocycles. The lowest BCUT2D eigenvalue weighted by molar-refractivity contribution is 0.300. The molecule has 4 rings (SSSR count). The number of nitrogens with zero attached hydrogens (tertiary/aromatic N) is 2. The van der Waals surface area contributed by atoms with Gasteiger partial charge in [-0.05, 0) is 35.9 Å². The highest BCUT2D eigenvalue weighted by atomic mass is 32.1. The van der Waals surface area contributed by atoms with Gasteiger partial charge < -0.3 is 4.74 Å².